The van der Waals surface area contributed by atoms with Crippen LogP contribution in [0.3, 0.4) is 0 Å². The fourth-order valence-corrected chi connectivity index (χ4v) is 2.34. The van der Waals surface area contributed by atoms with E-state index in [1.807, 2.05) is 22.7 Å². The molecule has 0 aromatic carbocycles. The van der Waals surface area contributed by atoms with E-state index in [0.717, 1.165) is 20.4 Å². The number of nitrogens with zero attached hydrogens (tertiary/aromatic N) is 2. The molecule has 2 aromatic rings. The summed E-state index contributed by atoms with van der Waals surface area (Å²) in [5.41, 5.74) is 0.934. The van der Waals surface area contributed by atoms with Crippen molar-refractivity contribution in [3.8, 4) is 0 Å². The van der Waals surface area contributed by atoms with Crippen molar-refractivity contribution in [3.05, 3.63) is 33.2 Å². The molecule has 6 heteroatoms. The summed E-state index contributed by atoms with van der Waals surface area (Å²) >= 11 is 6.73. The number of aryl methyl sites for hydroxylation is 1. The third-order valence-electron chi connectivity index (χ3n) is 2.19. The Kier molecular flexibility index (Phi) is 3.30. The van der Waals surface area contributed by atoms with Crippen LogP contribution < -0.4 is 0 Å². The summed E-state index contributed by atoms with van der Waals surface area (Å²) in [6.07, 6.45) is 2.38. The summed E-state index contributed by atoms with van der Waals surface area (Å²) in [6.45, 7) is 0. The van der Waals surface area contributed by atoms with E-state index in [9.17, 15) is 4.79 Å². The molecule has 0 spiro atoms. The van der Waals surface area contributed by atoms with Gasteiger partial charge in [0.2, 0.25) is 0 Å². The second-order valence-corrected chi connectivity index (χ2v) is 4.98. The molecule has 2 rings (SSSR count). The highest BCUT2D eigenvalue weighted by atomic mass is 79.9. The zero-order valence-corrected chi connectivity index (χ0v) is 11.3. The molecule has 0 bridgehead atoms. The highest BCUT2D eigenvalue weighted by Crippen LogP contribution is 2.22. The Hall–Kier alpha value is -0.880. The number of fused-ring (bicyclic) bond motifs is 1. The maximum absolute atomic E-state index is 10.5. The predicted octanol–water partition coefficient (Wildman–Crippen LogP) is 2.88. The fraction of sp³-hybridized carbons (Fsp3) is 0.200. The van der Waals surface area contributed by atoms with Crippen molar-refractivity contribution in [2.45, 2.75) is 12.8 Å². The summed E-state index contributed by atoms with van der Waals surface area (Å²) in [7, 11) is 0. The summed E-state index contributed by atoms with van der Waals surface area (Å²) < 4.78 is 3.55. The Morgan fingerprint density at radius 1 is 1.44 bits per heavy atom. The van der Waals surface area contributed by atoms with E-state index < -0.39 is 5.97 Å². The van der Waals surface area contributed by atoms with Crippen molar-refractivity contribution in [2.75, 3.05) is 0 Å². The molecule has 0 aliphatic carbocycles. The first-order valence-electron chi connectivity index (χ1n) is 4.61. The monoisotopic (exact) mass is 346 g/mol. The van der Waals surface area contributed by atoms with Crippen molar-refractivity contribution in [1.82, 2.24) is 9.38 Å². The van der Waals surface area contributed by atoms with Crippen LogP contribution in [0, 0.1) is 0 Å². The SMILES string of the molecule is O=C(O)CCc1nc(Br)c2ccc(Br)cn12. The van der Waals surface area contributed by atoms with Gasteiger partial charge >= 0.3 is 5.97 Å². The molecule has 2 aromatic heterocycles. The number of aromatic nitrogens is 2. The first-order chi connectivity index (χ1) is 7.58. The van der Waals surface area contributed by atoms with Crippen LogP contribution in [0.4, 0.5) is 0 Å². The molecule has 84 valence electrons. The molecule has 2 heterocycles. The zero-order valence-electron chi connectivity index (χ0n) is 8.15. The molecule has 1 N–H and O–H groups in total. The Morgan fingerprint density at radius 2 is 2.19 bits per heavy atom. The lowest BCUT2D eigenvalue weighted by Crippen LogP contribution is -2.01. The molecular formula is C10H8Br2N2O2. The quantitative estimate of drug-likeness (QED) is 0.928. The number of aliphatic carboxylic acids is 1. The van der Waals surface area contributed by atoms with Crippen molar-refractivity contribution in [2.24, 2.45) is 0 Å². The number of carboxylic acid groups (broad SMARTS) is 1. The Labute approximate surface area is 109 Å². The number of halogens is 2. The van der Waals surface area contributed by atoms with Gasteiger partial charge in [0, 0.05) is 17.1 Å². The molecule has 0 radical (unpaired) electrons. The molecule has 0 aliphatic rings. The minimum absolute atomic E-state index is 0.0814. The lowest BCUT2D eigenvalue weighted by atomic mass is 10.3. The Morgan fingerprint density at radius 3 is 2.88 bits per heavy atom. The second kappa shape index (κ2) is 4.55. The molecule has 0 saturated heterocycles. The topological polar surface area (TPSA) is 54.6 Å². The van der Waals surface area contributed by atoms with E-state index >= 15 is 0 Å². The summed E-state index contributed by atoms with van der Waals surface area (Å²) in [4.78, 5) is 14.8. The molecular weight excluding hydrogens is 340 g/mol. The van der Waals surface area contributed by atoms with Gasteiger partial charge in [-0.25, -0.2) is 4.98 Å². The number of rotatable bonds is 3. The predicted molar refractivity (Wildman–Crippen MR) is 66.5 cm³/mol. The van der Waals surface area contributed by atoms with Crippen molar-refractivity contribution in [3.63, 3.8) is 0 Å². The number of hydrogen-bond acceptors (Lipinski definition) is 2. The number of carboxylic acids is 1. The number of pyridine rings is 1. The van der Waals surface area contributed by atoms with Gasteiger partial charge in [-0.1, -0.05) is 0 Å². The highest BCUT2D eigenvalue weighted by molar-refractivity contribution is 9.10. The third-order valence-corrected chi connectivity index (χ3v) is 3.24. The largest absolute Gasteiger partial charge is 0.481 e. The first-order valence-corrected chi connectivity index (χ1v) is 6.20. The number of imidazole rings is 1. The molecule has 0 amide bonds. The molecule has 0 saturated carbocycles. The number of hydrogen-bond donors (Lipinski definition) is 1. The van der Waals surface area contributed by atoms with Crippen molar-refractivity contribution < 1.29 is 9.90 Å². The van der Waals surface area contributed by atoms with E-state index in [4.69, 9.17) is 5.11 Å². The van der Waals surface area contributed by atoms with Gasteiger partial charge in [0.1, 0.15) is 10.4 Å². The Balaban J connectivity index is 2.44. The molecule has 0 unspecified atom stereocenters. The fourth-order valence-electron chi connectivity index (χ4n) is 1.48. The smallest absolute Gasteiger partial charge is 0.303 e. The summed E-state index contributed by atoms with van der Waals surface area (Å²) in [6, 6.07) is 3.84. The van der Waals surface area contributed by atoms with E-state index in [0.29, 0.717) is 6.42 Å². The van der Waals surface area contributed by atoms with Gasteiger partial charge < -0.3 is 9.51 Å². The summed E-state index contributed by atoms with van der Waals surface area (Å²) in [5, 5.41) is 8.65. The minimum atomic E-state index is -0.817. The second-order valence-electron chi connectivity index (χ2n) is 3.32. The van der Waals surface area contributed by atoms with Gasteiger partial charge in [0.15, 0.2) is 0 Å². The molecule has 0 fully saturated rings. The highest BCUT2D eigenvalue weighted by Gasteiger charge is 2.10. The molecule has 0 atom stereocenters. The zero-order chi connectivity index (χ0) is 11.7. The normalized spacial score (nSPS) is 10.9. The molecule has 16 heavy (non-hydrogen) atoms. The van der Waals surface area contributed by atoms with Gasteiger partial charge in [0.05, 0.1) is 11.9 Å². The van der Waals surface area contributed by atoms with Gasteiger partial charge in [0.25, 0.3) is 0 Å². The van der Waals surface area contributed by atoms with Crippen LogP contribution in [0.5, 0.6) is 0 Å². The van der Waals surface area contributed by atoms with Crippen LogP contribution >= 0.6 is 31.9 Å². The summed E-state index contributed by atoms with van der Waals surface area (Å²) in [5.74, 6) is -0.0755. The average molecular weight is 348 g/mol. The van der Waals surface area contributed by atoms with Gasteiger partial charge in [-0.2, -0.15) is 0 Å². The van der Waals surface area contributed by atoms with Gasteiger partial charge in [-0.15, -0.1) is 0 Å². The minimum Gasteiger partial charge on any atom is -0.481 e. The molecule has 4 nitrogen and oxygen atoms in total. The van der Waals surface area contributed by atoms with E-state index in [1.54, 1.807) is 0 Å². The average Bonchev–Trinajstić information content (AvgIpc) is 2.52. The van der Waals surface area contributed by atoms with E-state index in [1.165, 1.54) is 0 Å². The van der Waals surface area contributed by atoms with Crippen LogP contribution in [-0.4, -0.2) is 20.5 Å². The van der Waals surface area contributed by atoms with Gasteiger partial charge in [-0.3, -0.25) is 4.79 Å². The van der Waals surface area contributed by atoms with Crippen LogP contribution in [0.15, 0.2) is 27.4 Å². The van der Waals surface area contributed by atoms with Crippen molar-refractivity contribution in [1.29, 1.82) is 0 Å². The van der Waals surface area contributed by atoms with Crippen LogP contribution in [0.2, 0.25) is 0 Å². The lowest BCUT2D eigenvalue weighted by molar-refractivity contribution is -0.137. The Bertz CT molecular complexity index is 551. The maximum atomic E-state index is 10.5. The van der Waals surface area contributed by atoms with E-state index in [-0.39, 0.29) is 6.42 Å². The van der Waals surface area contributed by atoms with Gasteiger partial charge in [-0.05, 0) is 44.0 Å². The first kappa shape index (κ1) is 11.6. The maximum Gasteiger partial charge on any atom is 0.303 e. The molecule has 0 aliphatic heterocycles. The van der Waals surface area contributed by atoms with Crippen LogP contribution in [-0.2, 0) is 11.2 Å². The van der Waals surface area contributed by atoms with Crippen LogP contribution in [0.1, 0.15) is 12.2 Å². The van der Waals surface area contributed by atoms with Crippen molar-refractivity contribution >= 4 is 43.3 Å². The lowest BCUT2D eigenvalue weighted by Gasteiger charge is -1.99. The standard InChI is InChI=1S/C10H8Br2N2O2/c11-6-1-2-7-10(12)13-8(14(7)5-6)3-4-9(15)16/h1-2,5H,3-4H2,(H,15,16). The van der Waals surface area contributed by atoms with Crippen LogP contribution in [0.25, 0.3) is 5.52 Å². The number of carbonyl (C=O) groups is 1. The third kappa shape index (κ3) is 2.27. The van der Waals surface area contributed by atoms with E-state index in [2.05, 4.69) is 36.8 Å².